The molecule has 88 valence electrons. The van der Waals surface area contributed by atoms with Crippen molar-refractivity contribution in [2.24, 2.45) is 0 Å². The Hall–Kier alpha value is -0.740. The molecule has 0 saturated carbocycles. The average Bonchev–Trinajstić information content (AvgIpc) is 2.29. The maximum atomic E-state index is 11.7. The van der Waals surface area contributed by atoms with E-state index in [-0.39, 0.29) is 11.1 Å². The van der Waals surface area contributed by atoms with Crippen LogP contribution in [0.1, 0.15) is 23.2 Å². The first-order valence-electron chi connectivity index (χ1n) is 5.13. The van der Waals surface area contributed by atoms with Crippen LogP contribution in [0.25, 0.3) is 0 Å². The van der Waals surface area contributed by atoms with Gasteiger partial charge >= 0.3 is 0 Å². The highest BCUT2D eigenvalue weighted by Gasteiger charge is 2.09. The largest absolute Gasteiger partial charge is 0.352 e. The van der Waals surface area contributed by atoms with E-state index in [1.165, 1.54) is 0 Å². The van der Waals surface area contributed by atoms with Gasteiger partial charge in [-0.25, -0.2) is 4.98 Å². The molecular weight excluding hydrogens is 244 g/mol. The Morgan fingerprint density at radius 1 is 1.56 bits per heavy atom. The molecule has 0 atom stereocenters. The van der Waals surface area contributed by atoms with E-state index in [2.05, 4.69) is 16.6 Å². The number of nitrogens with zero attached hydrogens (tertiary/aromatic N) is 1. The second kappa shape index (κ2) is 7.52. The molecule has 0 fully saturated rings. The number of aromatic nitrogens is 1. The zero-order valence-electron chi connectivity index (χ0n) is 9.20. The second-order valence-electron chi connectivity index (χ2n) is 3.30. The summed E-state index contributed by atoms with van der Waals surface area (Å²) in [5.41, 5.74) is 0.439. The van der Waals surface area contributed by atoms with Crippen LogP contribution in [0, 0.1) is 0 Å². The van der Waals surface area contributed by atoms with Gasteiger partial charge in [0.1, 0.15) is 5.15 Å². The highest BCUT2D eigenvalue weighted by molar-refractivity contribution is 7.98. The Morgan fingerprint density at radius 2 is 2.38 bits per heavy atom. The number of carbonyl (C=O) groups is 1. The summed E-state index contributed by atoms with van der Waals surface area (Å²) in [7, 11) is 0. The monoisotopic (exact) mass is 258 g/mol. The minimum atomic E-state index is -0.151. The lowest BCUT2D eigenvalue weighted by Crippen LogP contribution is -2.25. The van der Waals surface area contributed by atoms with E-state index in [4.69, 9.17) is 11.6 Å². The molecule has 1 aromatic rings. The van der Waals surface area contributed by atoms with Crippen LogP contribution in [0.5, 0.6) is 0 Å². The molecule has 1 heterocycles. The second-order valence-corrected chi connectivity index (χ2v) is 4.64. The van der Waals surface area contributed by atoms with Crippen LogP contribution in [-0.2, 0) is 0 Å². The molecule has 0 aliphatic heterocycles. The number of carbonyl (C=O) groups excluding carboxylic acids is 1. The van der Waals surface area contributed by atoms with Crippen LogP contribution < -0.4 is 5.32 Å². The first-order valence-corrected chi connectivity index (χ1v) is 6.90. The highest BCUT2D eigenvalue weighted by atomic mass is 35.5. The fourth-order valence-corrected chi connectivity index (χ4v) is 1.92. The number of hydrogen-bond donors (Lipinski definition) is 1. The number of amides is 1. The molecule has 0 unspecified atom stereocenters. The molecule has 5 heteroatoms. The van der Waals surface area contributed by atoms with Gasteiger partial charge in [-0.2, -0.15) is 11.8 Å². The van der Waals surface area contributed by atoms with Gasteiger partial charge in [-0.3, -0.25) is 4.79 Å². The van der Waals surface area contributed by atoms with E-state index in [0.29, 0.717) is 12.1 Å². The van der Waals surface area contributed by atoms with Crippen molar-refractivity contribution >= 4 is 29.3 Å². The number of rotatable bonds is 6. The molecule has 3 nitrogen and oxygen atoms in total. The molecule has 1 aromatic heterocycles. The van der Waals surface area contributed by atoms with Gasteiger partial charge < -0.3 is 5.32 Å². The molecule has 0 saturated heterocycles. The van der Waals surface area contributed by atoms with E-state index in [9.17, 15) is 4.79 Å². The Bertz CT molecular complexity index is 347. The van der Waals surface area contributed by atoms with Gasteiger partial charge in [0.15, 0.2) is 0 Å². The van der Waals surface area contributed by atoms with Crippen LogP contribution in [0.2, 0.25) is 5.15 Å². The first-order chi connectivity index (χ1) is 7.75. The Labute approximate surface area is 105 Å². The van der Waals surface area contributed by atoms with Gasteiger partial charge in [0.05, 0.1) is 5.56 Å². The molecule has 0 aliphatic carbocycles. The molecule has 0 aliphatic rings. The lowest BCUT2D eigenvalue weighted by Gasteiger charge is -2.05. The van der Waals surface area contributed by atoms with E-state index < -0.39 is 0 Å². The number of unbranched alkanes of at least 4 members (excludes halogenated alkanes) is 1. The summed E-state index contributed by atoms with van der Waals surface area (Å²) >= 11 is 7.62. The molecule has 1 rings (SSSR count). The standard InChI is InChI=1S/C11H15ClN2OS/c1-16-8-3-2-6-14-11(15)9-5-4-7-13-10(9)12/h4-5,7H,2-3,6,8H2,1H3,(H,14,15). The third kappa shape index (κ3) is 4.41. The first kappa shape index (κ1) is 13.3. The predicted octanol–water partition coefficient (Wildman–Crippen LogP) is 2.61. The summed E-state index contributed by atoms with van der Waals surface area (Å²) in [6.45, 7) is 0.685. The van der Waals surface area contributed by atoms with Crippen molar-refractivity contribution < 1.29 is 4.79 Å². The molecule has 0 aromatic carbocycles. The van der Waals surface area contributed by atoms with E-state index in [1.54, 1.807) is 18.3 Å². The van der Waals surface area contributed by atoms with Crippen LogP contribution in [0.15, 0.2) is 18.3 Å². The topological polar surface area (TPSA) is 42.0 Å². The van der Waals surface area contributed by atoms with E-state index >= 15 is 0 Å². The Morgan fingerprint density at radius 3 is 3.06 bits per heavy atom. The average molecular weight is 259 g/mol. The molecule has 0 radical (unpaired) electrons. The SMILES string of the molecule is CSCCCCNC(=O)c1cccnc1Cl. The third-order valence-corrected chi connectivity index (χ3v) is 3.06. The van der Waals surface area contributed by atoms with E-state index in [1.807, 2.05) is 11.8 Å². The van der Waals surface area contributed by atoms with Crippen molar-refractivity contribution in [1.29, 1.82) is 0 Å². The van der Waals surface area contributed by atoms with Crippen LogP contribution >= 0.6 is 23.4 Å². The van der Waals surface area contributed by atoms with Crippen molar-refractivity contribution in [3.8, 4) is 0 Å². The summed E-state index contributed by atoms with van der Waals surface area (Å²) in [5.74, 6) is 0.978. The lowest BCUT2D eigenvalue weighted by atomic mass is 10.2. The zero-order valence-corrected chi connectivity index (χ0v) is 10.8. The minimum absolute atomic E-state index is 0.151. The molecule has 1 N–H and O–H groups in total. The molecule has 0 bridgehead atoms. The number of pyridine rings is 1. The summed E-state index contributed by atoms with van der Waals surface area (Å²) in [6.07, 6.45) is 5.75. The van der Waals surface area contributed by atoms with Gasteiger partial charge in [0, 0.05) is 12.7 Å². The quantitative estimate of drug-likeness (QED) is 0.630. The molecule has 16 heavy (non-hydrogen) atoms. The van der Waals surface area contributed by atoms with Gasteiger partial charge in [-0.05, 0) is 37.0 Å². The summed E-state index contributed by atoms with van der Waals surface area (Å²) in [6, 6.07) is 3.38. The number of hydrogen-bond acceptors (Lipinski definition) is 3. The normalized spacial score (nSPS) is 10.1. The highest BCUT2D eigenvalue weighted by Crippen LogP contribution is 2.10. The van der Waals surface area contributed by atoms with Crippen molar-refractivity contribution in [2.75, 3.05) is 18.6 Å². The summed E-state index contributed by atoms with van der Waals surface area (Å²) in [5, 5.41) is 3.08. The number of nitrogens with one attached hydrogen (secondary N) is 1. The summed E-state index contributed by atoms with van der Waals surface area (Å²) < 4.78 is 0. The van der Waals surface area contributed by atoms with Crippen molar-refractivity contribution in [3.63, 3.8) is 0 Å². The van der Waals surface area contributed by atoms with Crippen LogP contribution in [-0.4, -0.2) is 29.4 Å². The fraction of sp³-hybridized carbons (Fsp3) is 0.455. The van der Waals surface area contributed by atoms with Gasteiger partial charge in [-0.1, -0.05) is 11.6 Å². The van der Waals surface area contributed by atoms with Crippen molar-refractivity contribution in [3.05, 3.63) is 29.0 Å². The van der Waals surface area contributed by atoms with Crippen molar-refractivity contribution in [2.45, 2.75) is 12.8 Å². The maximum absolute atomic E-state index is 11.7. The minimum Gasteiger partial charge on any atom is -0.352 e. The third-order valence-electron chi connectivity index (χ3n) is 2.06. The van der Waals surface area contributed by atoms with Crippen molar-refractivity contribution in [1.82, 2.24) is 10.3 Å². The smallest absolute Gasteiger partial charge is 0.254 e. The Kier molecular flexibility index (Phi) is 6.26. The molecule has 0 spiro atoms. The predicted molar refractivity (Wildman–Crippen MR) is 69.2 cm³/mol. The number of halogens is 1. The maximum Gasteiger partial charge on any atom is 0.254 e. The fourth-order valence-electron chi connectivity index (χ4n) is 1.22. The molecule has 1 amide bonds. The van der Waals surface area contributed by atoms with Crippen LogP contribution in [0.3, 0.4) is 0 Å². The Balaban J connectivity index is 2.33. The number of thioether (sulfide) groups is 1. The zero-order chi connectivity index (χ0) is 11.8. The van der Waals surface area contributed by atoms with Gasteiger partial charge in [0.2, 0.25) is 0 Å². The van der Waals surface area contributed by atoms with Gasteiger partial charge in [0.25, 0.3) is 5.91 Å². The summed E-state index contributed by atoms with van der Waals surface area (Å²) in [4.78, 5) is 15.5. The van der Waals surface area contributed by atoms with Crippen LogP contribution in [0.4, 0.5) is 0 Å². The van der Waals surface area contributed by atoms with Gasteiger partial charge in [-0.15, -0.1) is 0 Å². The molecular formula is C11H15ClN2OS. The lowest BCUT2D eigenvalue weighted by molar-refractivity contribution is 0.0953. The van der Waals surface area contributed by atoms with E-state index in [0.717, 1.165) is 18.6 Å².